The number of carbonyl (C=O) groups excluding carboxylic acids is 1. The Morgan fingerprint density at radius 1 is 1.21 bits per heavy atom. The highest BCUT2D eigenvalue weighted by Gasteiger charge is 2.01. The molecule has 2 aromatic rings. The van der Waals surface area contributed by atoms with Crippen molar-refractivity contribution in [2.24, 2.45) is 0 Å². The molecular weight excluding hydrogens is 178 g/mol. The Labute approximate surface area is 81.1 Å². The van der Waals surface area contributed by atoms with Gasteiger partial charge in [0, 0.05) is 6.07 Å². The van der Waals surface area contributed by atoms with Gasteiger partial charge in [-0.3, -0.25) is 10.0 Å². The standard InChI is InChI=1S/C11H8NO2/c13-8-12(14)11-6-5-9-3-1-2-4-10(9)7-11/h1-6,8,14H. The topological polar surface area (TPSA) is 40.5 Å². The van der Waals surface area contributed by atoms with E-state index in [9.17, 15) is 4.79 Å². The van der Waals surface area contributed by atoms with Crippen molar-refractivity contribution in [1.82, 2.24) is 0 Å². The summed E-state index contributed by atoms with van der Waals surface area (Å²) in [6.45, 7) is 0. The Morgan fingerprint density at radius 2 is 2.00 bits per heavy atom. The van der Waals surface area contributed by atoms with Gasteiger partial charge in [0.2, 0.25) is 6.41 Å². The van der Waals surface area contributed by atoms with Crippen LogP contribution in [-0.4, -0.2) is 11.6 Å². The zero-order valence-corrected chi connectivity index (χ0v) is 7.34. The number of benzene rings is 2. The fourth-order valence-electron chi connectivity index (χ4n) is 1.29. The van der Waals surface area contributed by atoms with Gasteiger partial charge in [-0.25, -0.2) is 0 Å². The predicted molar refractivity (Wildman–Crippen MR) is 53.1 cm³/mol. The Balaban J connectivity index is 2.56. The molecule has 0 heterocycles. The molecule has 2 rings (SSSR count). The minimum atomic E-state index is 0.334. The summed E-state index contributed by atoms with van der Waals surface area (Å²) in [6, 6.07) is 14.0. The minimum absolute atomic E-state index is 0.334. The van der Waals surface area contributed by atoms with Gasteiger partial charge in [-0.1, -0.05) is 30.3 Å². The molecule has 3 heteroatoms. The van der Waals surface area contributed by atoms with Crippen molar-refractivity contribution < 1.29 is 10.0 Å². The van der Waals surface area contributed by atoms with Gasteiger partial charge in [0.15, 0.2) is 0 Å². The summed E-state index contributed by atoms with van der Waals surface area (Å²) in [5, 5.41) is 11.5. The maximum atomic E-state index is 10.3. The molecule has 0 saturated carbocycles. The fourth-order valence-corrected chi connectivity index (χ4v) is 1.29. The third-order valence-corrected chi connectivity index (χ3v) is 1.99. The van der Waals surface area contributed by atoms with Gasteiger partial charge in [-0.2, -0.15) is 5.06 Å². The lowest BCUT2D eigenvalue weighted by Gasteiger charge is -2.08. The van der Waals surface area contributed by atoms with Crippen LogP contribution in [0.5, 0.6) is 0 Å². The molecule has 0 aliphatic heterocycles. The fraction of sp³-hybridized carbons (Fsp3) is 0. The summed E-state index contributed by atoms with van der Waals surface area (Å²) < 4.78 is 0. The van der Waals surface area contributed by atoms with Crippen molar-refractivity contribution in [3.63, 3.8) is 0 Å². The molecule has 0 aliphatic rings. The molecular formula is C11H8NO2. The Kier molecular flexibility index (Phi) is 2.16. The summed E-state index contributed by atoms with van der Waals surface area (Å²) in [7, 11) is 0. The molecule has 1 radical (unpaired) electrons. The third kappa shape index (κ3) is 1.45. The van der Waals surface area contributed by atoms with E-state index < -0.39 is 0 Å². The lowest BCUT2D eigenvalue weighted by Crippen LogP contribution is -2.14. The number of hydroxylamine groups is 1. The van der Waals surface area contributed by atoms with Crippen molar-refractivity contribution in [2.45, 2.75) is 0 Å². The first-order chi connectivity index (χ1) is 6.81. The van der Waals surface area contributed by atoms with Crippen LogP contribution in [0.25, 0.3) is 10.8 Å². The van der Waals surface area contributed by atoms with Crippen LogP contribution in [-0.2, 0) is 4.79 Å². The van der Waals surface area contributed by atoms with E-state index in [-0.39, 0.29) is 0 Å². The lowest BCUT2D eigenvalue weighted by molar-refractivity contribution is -0.111. The highest BCUT2D eigenvalue weighted by molar-refractivity contribution is 5.87. The highest BCUT2D eigenvalue weighted by atomic mass is 16.5. The quantitative estimate of drug-likeness (QED) is 0.442. The van der Waals surface area contributed by atoms with Gasteiger partial charge in [-0.05, 0) is 16.8 Å². The largest absolute Gasteiger partial charge is 0.281 e. The van der Waals surface area contributed by atoms with Gasteiger partial charge in [0.25, 0.3) is 0 Å². The number of rotatable bonds is 2. The Bertz CT molecular complexity index is 468. The normalized spacial score (nSPS) is 10.1. The number of carbonyl (C=O) groups is 1. The molecule has 0 aliphatic carbocycles. The Hall–Kier alpha value is -1.87. The molecule has 0 bridgehead atoms. The number of anilines is 1. The first-order valence-corrected chi connectivity index (χ1v) is 4.16. The van der Waals surface area contributed by atoms with Crippen LogP contribution in [0.3, 0.4) is 0 Å². The maximum Gasteiger partial charge on any atom is 0.237 e. The number of fused-ring (bicyclic) bond motifs is 1. The molecule has 0 atom stereocenters. The summed E-state index contributed by atoms with van der Waals surface area (Å²) in [6.07, 6.45) is 0.334. The molecule has 14 heavy (non-hydrogen) atoms. The first kappa shape index (κ1) is 8.72. The molecule has 69 valence electrons. The lowest BCUT2D eigenvalue weighted by atomic mass is 10.1. The van der Waals surface area contributed by atoms with E-state index in [1.54, 1.807) is 6.07 Å². The van der Waals surface area contributed by atoms with Crippen LogP contribution in [0, 0.1) is 6.07 Å². The van der Waals surface area contributed by atoms with E-state index in [4.69, 9.17) is 5.21 Å². The molecule has 0 aromatic heterocycles. The zero-order chi connectivity index (χ0) is 9.97. The van der Waals surface area contributed by atoms with Crippen LogP contribution in [0.15, 0.2) is 36.4 Å². The second kappa shape index (κ2) is 3.47. The number of hydrogen-bond acceptors (Lipinski definition) is 2. The summed E-state index contributed by atoms with van der Waals surface area (Å²) in [5.41, 5.74) is 0.346. The van der Waals surface area contributed by atoms with Gasteiger partial charge in [0.1, 0.15) is 0 Å². The zero-order valence-electron chi connectivity index (χ0n) is 7.34. The van der Waals surface area contributed by atoms with E-state index >= 15 is 0 Å². The second-order valence-corrected chi connectivity index (χ2v) is 2.88. The average Bonchev–Trinajstić information content (AvgIpc) is 2.27. The molecule has 0 unspecified atom stereocenters. The van der Waals surface area contributed by atoms with E-state index in [1.165, 1.54) is 0 Å². The number of amides is 1. The predicted octanol–water partition coefficient (Wildman–Crippen LogP) is 1.99. The van der Waals surface area contributed by atoms with Crippen LogP contribution in [0.1, 0.15) is 0 Å². The van der Waals surface area contributed by atoms with Crippen molar-refractivity contribution in [3.8, 4) is 0 Å². The van der Waals surface area contributed by atoms with E-state index in [1.807, 2.05) is 30.3 Å². The SMILES string of the molecule is O=CN(O)c1[c]c2ccccc2cc1. The Morgan fingerprint density at radius 3 is 2.79 bits per heavy atom. The highest BCUT2D eigenvalue weighted by Crippen LogP contribution is 2.19. The molecule has 2 aromatic carbocycles. The van der Waals surface area contributed by atoms with Gasteiger partial charge >= 0.3 is 0 Å². The monoisotopic (exact) mass is 186 g/mol. The van der Waals surface area contributed by atoms with Gasteiger partial charge < -0.3 is 0 Å². The van der Waals surface area contributed by atoms with Crippen LogP contribution in [0.2, 0.25) is 0 Å². The van der Waals surface area contributed by atoms with Crippen LogP contribution in [0.4, 0.5) is 5.69 Å². The molecule has 1 N–H and O–H groups in total. The number of nitrogens with zero attached hydrogens (tertiary/aromatic N) is 1. The third-order valence-electron chi connectivity index (χ3n) is 1.99. The van der Waals surface area contributed by atoms with Crippen molar-refractivity contribution in [2.75, 3.05) is 5.06 Å². The smallest absolute Gasteiger partial charge is 0.237 e. The van der Waals surface area contributed by atoms with Crippen molar-refractivity contribution in [1.29, 1.82) is 0 Å². The molecule has 3 nitrogen and oxygen atoms in total. The number of hydrogen-bond donors (Lipinski definition) is 1. The van der Waals surface area contributed by atoms with E-state index in [0.717, 1.165) is 10.8 Å². The molecule has 0 fully saturated rings. The van der Waals surface area contributed by atoms with Crippen LogP contribution >= 0.6 is 0 Å². The summed E-state index contributed by atoms with van der Waals surface area (Å²) in [5.74, 6) is 0. The van der Waals surface area contributed by atoms with Crippen LogP contribution < -0.4 is 5.06 Å². The van der Waals surface area contributed by atoms with Crippen molar-refractivity contribution >= 4 is 22.9 Å². The van der Waals surface area contributed by atoms with Gasteiger partial charge in [-0.15, -0.1) is 0 Å². The van der Waals surface area contributed by atoms with Crippen molar-refractivity contribution in [3.05, 3.63) is 42.5 Å². The van der Waals surface area contributed by atoms with Gasteiger partial charge in [0.05, 0.1) is 5.69 Å². The minimum Gasteiger partial charge on any atom is -0.281 e. The second-order valence-electron chi connectivity index (χ2n) is 2.88. The average molecular weight is 186 g/mol. The molecule has 0 saturated heterocycles. The molecule has 1 amide bonds. The summed E-state index contributed by atoms with van der Waals surface area (Å²) in [4.78, 5) is 10.3. The maximum absolute atomic E-state index is 10.3. The molecule has 0 spiro atoms. The van der Waals surface area contributed by atoms with E-state index in [0.29, 0.717) is 17.2 Å². The first-order valence-electron chi connectivity index (χ1n) is 4.16. The van der Waals surface area contributed by atoms with E-state index in [2.05, 4.69) is 6.07 Å². The summed E-state index contributed by atoms with van der Waals surface area (Å²) >= 11 is 0.